The first kappa shape index (κ1) is 10.9. The largest absolute Gasteiger partial charge is 0.379 e. The zero-order valence-electron chi connectivity index (χ0n) is 8.83. The number of ether oxygens (including phenoxy) is 1. The summed E-state index contributed by atoms with van der Waals surface area (Å²) in [6.45, 7) is 3.92. The number of hydrogen-bond donors (Lipinski definition) is 1. The Hall–Kier alpha value is -1.16. The molecule has 0 aliphatic heterocycles. The van der Waals surface area contributed by atoms with Crippen molar-refractivity contribution in [2.24, 2.45) is 0 Å². The van der Waals surface area contributed by atoms with Crippen LogP contribution < -0.4 is 0 Å². The molecule has 0 amide bonds. The van der Waals surface area contributed by atoms with Crippen LogP contribution in [0.4, 0.5) is 0 Å². The lowest BCUT2D eigenvalue weighted by Crippen LogP contribution is -2.23. The number of aromatic amines is 1. The summed E-state index contributed by atoms with van der Waals surface area (Å²) in [5, 5.41) is 0. The van der Waals surface area contributed by atoms with Gasteiger partial charge in [0.1, 0.15) is 0 Å². The maximum Gasteiger partial charge on any atom is 0.198 e. The summed E-state index contributed by atoms with van der Waals surface area (Å²) in [4.78, 5) is 18.2. The number of nitrogens with zero attached hydrogens (tertiary/aromatic N) is 1. The van der Waals surface area contributed by atoms with Crippen LogP contribution in [0.2, 0.25) is 0 Å². The molecular weight excluding hydrogens is 180 g/mol. The van der Waals surface area contributed by atoms with Crippen LogP contribution in [0.1, 0.15) is 37.3 Å². The fourth-order valence-electron chi connectivity index (χ4n) is 1.05. The van der Waals surface area contributed by atoms with Crippen molar-refractivity contribution in [3.05, 3.63) is 18.2 Å². The average Bonchev–Trinajstić information content (AvgIpc) is 2.67. The Bertz CT molecular complexity index is 291. The fraction of sp³-hybridized carbons (Fsp3) is 0.600. The minimum Gasteiger partial charge on any atom is -0.379 e. The van der Waals surface area contributed by atoms with Crippen molar-refractivity contribution < 1.29 is 9.53 Å². The van der Waals surface area contributed by atoms with Gasteiger partial charge in [0.15, 0.2) is 11.6 Å². The highest BCUT2D eigenvalue weighted by molar-refractivity contribution is 5.92. The molecule has 0 saturated heterocycles. The van der Waals surface area contributed by atoms with E-state index in [0.29, 0.717) is 18.7 Å². The van der Waals surface area contributed by atoms with Crippen molar-refractivity contribution in [3.8, 4) is 0 Å². The molecule has 0 atom stereocenters. The van der Waals surface area contributed by atoms with E-state index in [2.05, 4.69) is 9.97 Å². The summed E-state index contributed by atoms with van der Waals surface area (Å²) >= 11 is 0. The topological polar surface area (TPSA) is 55.0 Å². The lowest BCUT2D eigenvalue weighted by Gasteiger charge is -2.21. The van der Waals surface area contributed by atoms with Gasteiger partial charge in [0.25, 0.3) is 0 Å². The number of rotatable bonds is 5. The van der Waals surface area contributed by atoms with E-state index in [1.807, 2.05) is 13.8 Å². The van der Waals surface area contributed by atoms with Gasteiger partial charge in [-0.3, -0.25) is 4.79 Å². The van der Waals surface area contributed by atoms with Crippen molar-refractivity contribution in [1.29, 1.82) is 0 Å². The van der Waals surface area contributed by atoms with Crippen molar-refractivity contribution in [3.63, 3.8) is 0 Å². The number of H-pyrrole nitrogens is 1. The first-order valence-electron chi connectivity index (χ1n) is 4.63. The zero-order valence-corrected chi connectivity index (χ0v) is 8.83. The maximum atomic E-state index is 11.5. The smallest absolute Gasteiger partial charge is 0.198 e. The molecule has 4 nitrogen and oxygen atoms in total. The summed E-state index contributed by atoms with van der Waals surface area (Å²) in [5.41, 5.74) is -0.248. The Morgan fingerprint density at radius 3 is 2.86 bits per heavy atom. The molecule has 0 unspecified atom stereocenters. The second-order valence-corrected chi connectivity index (χ2v) is 3.82. The van der Waals surface area contributed by atoms with Crippen molar-refractivity contribution in [1.82, 2.24) is 9.97 Å². The Balaban J connectivity index is 2.43. The summed E-state index contributed by atoms with van der Waals surface area (Å²) in [7, 11) is 1.65. The van der Waals surface area contributed by atoms with Gasteiger partial charge in [0.2, 0.25) is 0 Å². The highest BCUT2D eigenvalue weighted by Gasteiger charge is 2.19. The molecule has 0 radical (unpaired) electrons. The molecule has 1 rings (SSSR count). The van der Waals surface area contributed by atoms with E-state index in [1.165, 1.54) is 0 Å². The Morgan fingerprint density at radius 2 is 2.36 bits per heavy atom. The third kappa shape index (κ3) is 2.96. The van der Waals surface area contributed by atoms with Crippen LogP contribution in [0.5, 0.6) is 0 Å². The van der Waals surface area contributed by atoms with E-state index in [1.54, 1.807) is 19.5 Å². The number of Topliss-reactive ketones (excluding diaryl/α,β-unsaturated/α-hetero) is 1. The zero-order chi connectivity index (χ0) is 10.6. The standard InChI is InChI=1S/C10H16N2O2/c1-10(2,14-3)5-4-8(13)9-11-6-7-12-9/h6-7H,4-5H2,1-3H3,(H,11,12). The molecular formula is C10H16N2O2. The van der Waals surface area contributed by atoms with E-state index >= 15 is 0 Å². The van der Waals surface area contributed by atoms with Gasteiger partial charge >= 0.3 is 0 Å². The molecule has 0 aromatic carbocycles. The van der Waals surface area contributed by atoms with Crippen molar-refractivity contribution in [2.75, 3.05) is 7.11 Å². The number of carbonyl (C=O) groups is 1. The van der Waals surface area contributed by atoms with Gasteiger partial charge in [0, 0.05) is 25.9 Å². The normalized spacial score (nSPS) is 11.6. The first-order chi connectivity index (χ1) is 6.55. The average molecular weight is 196 g/mol. The lowest BCUT2D eigenvalue weighted by atomic mass is 10.0. The van der Waals surface area contributed by atoms with Crippen LogP contribution in [-0.4, -0.2) is 28.5 Å². The van der Waals surface area contributed by atoms with Crippen LogP contribution in [0, 0.1) is 0 Å². The molecule has 0 saturated carbocycles. The highest BCUT2D eigenvalue weighted by Crippen LogP contribution is 2.16. The van der Waals surface area contributed by atoms with Gasteiger partial charge in [-0.25, -0.2) is 4.98 Å². The maximum absolute atomic E-state index is 11.5. The van der Waals surface area contributed by atoms with E-state index < -0.39 is 0 Å². The Kier molecular flexibility index (Phi) is 3.41. The van der Waals surface area contributed by atoms with Gasteiger partial charge in [-0.15, -0.1) is 0 Å². The minimum atomic E-state index is -0.248. The second kappa shape index (κ2) is 4.37. The minimum absolute atomic E-state index is 0.0279. The fourth-order valence-corrected chi connectivity index (χ4v) is 1.05. The molecule has 1 aromatic rings. The quantitative estimate of drug-likeness (QED) is 0.730. The molecule has 0 spiro atoms. The van der Waals surface area contributed by atoms with Gasteiger partial charge in [-0.2, -0.15) is 0 Å². The van der Waals surface area contributed by atoms with Crippen LogP contribution in [0.3, 0.4) is 0 Å². The molecule has 0 aliphatic carbocycles. The molecule has 1 heterocycles. The molecule has 0 aliphatic rings. The summed E-state index contributed by atoms with van der Waals surface area (Å²) in [5.74, 6) is 0.456. The van der Waals surface area contributed by atoms with Crippen molar-refractivity contribution in [2.45, 2.75) is 32.3 Å². The predicted octanol–water partition coefficient (Wildman–Crippen LogP) is 1.80. The van der Waals surface area contributed by atoms with Gasteiger partial charge in [-0.1, -0.05) is 0 Å². The van der Waals surface area contributed by atoms with Gasteiger partial charge in [-0.05, 0) is 20.3 Å². The van der Waals surface area contributed by atoms with Crippen LogP contribution in [-0.2, 0) is 4.74 Å². The molecule has 0 fully saturated rings. The summed E-state index contributed by atoms with van der Waals surface area (Å²) in [6, 6.07) is 0. The highest BCUT2D eigenvalue weighted by atomic mass is 16.5. The number of ketones is 1. The summed E-state index contributed by atoms with van der Waals surface area (Å²) < 4.78 is 5.22. The second-order valence-electron chi connectivity index (χ2n) is 3.82. The third-order valence-electron chi connectivity index (χ3n) is 2.27. The monoisotopic (exact) mass is 196 g/mol. The van der Waals surface area contributed by atoms with Crippen LogP contribution in [0.15, 0.2) is 12.4 Å². The van der Waals surface area contributed by atoms with Gasteiger partial charge in [0.05, 0.1) is 5.60 Å². The van der Waals surface area contributed by atoms with Gasteiger partial charge < -0.3 is 9.72 Å². The molecule has 78 valence electrons. The Labute approximate surface area is 83.7 Å². The van der Waals surface area contributed by atoms with E-state index in [0.717, 1.165) is 0 Å². The summed E-state index contributed by atoms with van der Waals surface area (Å²) in [6.07, 6.45) is 4.38. The first-order valence-corrected chi connectivity index (χ1v) is 4.63. The Morgan fingerprint density at radius 1 is 1.64 bits per heavy atom. The van der Waals surface area contributed by atoms with Crippen molar-refractivity contribution >= 4 is 5.78 Å². The number of nitrogens with one attached hydrogen (secondary N) is 1. The predicted molar refractivity (Wildman–Crippen MR) is 53.2 cm³/mol. The number of aromatic nitrogens is 2. The number of carbonyl (C=O) groups excluding carboxylic acids is 1. The van der Waals surface area contributed by atoms with E-state index in [9.17, 15) is 4.79 Å². The number of hydrogen-bond acceptors (Lipinski definition) is 3. The number of methoxy groups -OCH3 is 1. The molecule has 4 heteroatoms. The van der Waals surface area contributed by atoms with Crippen LogP contribution >= 0.6 is 0 Å². The van der Waals surface area contributed by atoms with E-state index in [-0.39, 0.29) is 11.4 Å². The molecule has 1 N–H and O–H groups in total. The lowest BCUT2D eigenvalue weighted by molar-refractivity contribution is 0.0141. The molecule has 0 bridgehead atoms. The third-order valence-corrected chi connectivity index (χ3v) is 2.27. The number of imidazole rings is 1. The van der Waals surface area contributed by atoms with E-state index in [4.69, 9.17) is 4.74 Å². The molecule has 14 heavy (non-hydrogen) atoms. The van der Waals surface area contributed by atoms with Crippen LogP contribution in [0.25, 0.3) is 0 Å². The molecule has 1 aromatic heterocycles. The SMILES string of the molecule is COC(C)(C)CCC(=O)c1ncc[nH]1.